The topological polar surface area (TPSA) is 61.0 Å². The van der Waals surface area contributed by atoms with E-state index in [9.17, 15) is 4.79 Å². The second-order valence-electron chi connectivity index (χ2n) is 9.01. The minimum atomic E-state index is 0.0663. The van der Waals surface area contributed by atoms with Crippen LogP contribution in [0.1, 0.15) is 35.5 Å². The summed E-state index contributed by atoms with van der Waals surface area (Å²) < 4.78 is 0. The second kappa shape index (κ2) is 9.54. The molecule has 1 aliphatic heterocycles. The molecule has 1 aromatic heterocycles. The monoisotopic (exact) mass is 448 g/mol. The SMILES string of the molecule is CC(C)[C@H]1CNCCN1C(=O)c1ccc2[nH]nc(C#Cc3ccccc3-c3ccccc3)c2c1. The third-order valence-electron chi connectivity index (χ3n) is 6.45. The van der Waals surface area contributed by atoms with Gasteiger partial charge in [0.25, 0.3) is 5.91 Å². The lowest BCUT2D eigenvalue weighted by molar-refractivity contribution is 0.0573. The van der Waals surface area contributed by atoms with Gasteiger partial charge in [0.2, 0.25) is 0 Å². The van der Waals surface area contributed by atoms with E-state index < -0.39 is 0 Å². The lowest BCUT2D eigenvalue weighted by Gasteiger charge is -2.38. The molecule has 0 aliphatic carbocycles. The highest BCUT2D eigenvalue weighted by Crippen LogP contribution is 2.24. The van der Waals surface area contributed by atoms with Crippen LogP contribution in [-0.4, -0.2) is 46.7 Å². The van der Waals surface area contributed by atoms with Crippen molar-refractivity contribution in [1.29, 1.82) is 0 Å². The summed E-state index contributed by atoms with van der Waals surface area (Å²) in [4.78, 5) is 15.4. The van der Waals surface area contributed by atoms with Crippen molar-refractivity contribution in [2.45, 2.75) is 19.9 Å². The predicted octanol–water partition coefficient (Wildman–Crippen LogP) is 4.70. The Bertz CT molecular complexity index is 1380. The standard InChI is InChI=1S/C29H28N4O/c1-20(2)28-19-30-16-17-33(28)29(34)23-13-15-27-25(18-23)26(31-32-27)14-12-22-10-6-7-11-24(22)21-8-4-3-5-9-21/h3-11,13,15,18,20,28,30H,16-17,19H2,1-2H3,(H,31,32)/t28-/m1/s1. The van der Waals surface area contributed by atoms with Gasteiger partial charge in [0.05, 0.1) is 5.52 Å². The van der Waals surface area contributed by atoms with Crippen LogP contribution in [0.4, 0.5) is 0 Å². The van der Waals surface area contributed by atoms with Gasteiger partial charge in [0.1, 0.15) is 5.69 Å². The van der Waals surface area contributed by atoms with Gasteiger partial charge in [-0.1, -0.05) is 68.3 Å². The van der Waals surface area contributed by atoms with Crippen molar-refractivity contribution in [1.82, 2.24) is 20.4 Å². The van der Waals surface area contributed by atoms with Gasteiger partial charge in [0.15, 0.2) is 0 Å². The van der Waals surface area contributed by atoms with Crippen molar-refractivity contribution in [3.63, 3.8) is 0 Å². The molecule has 0 radical (unpaired) electrons. The Hall–Kier alpha value is -3.88. The van der Waals surface area contributed by atoms with Gasteiger partial charge in [-0.25, -0.2) is 0 Å². The molecule has 0 bridgehead atoms. The van der Waals surface area contributed by atoms with Crippen molar-refractivity contribution in [3.8, 4) is 23.0 Å². The van der Waals surface area contributed by atoms with Crippen molar-refractivity contribution >= 4 is 16.8 Å². The van der Waals surface area contributed by atoms with Gasteiger partial charge >= 0.3 is 0 Å². The minimum absolute atomic E-state index is 0.0663. The molecule has 1 amide bonds. The molecule has 0 saturated carbocycles. The zero-order chi connectivity index (χ0) is 23.5. The van der Waals surface area contributed by atoms with E-state index in [0.29, 0.717) is 23.7 Å². The Kier molecular flexibility index (Phi) is 6.16. The first kappa shape index (κ1) is 21.9. The number of carbonyl (C=O) groups excluding carboxylic acids is 1. The van der Waals surface area contributed by atoms with Crippen LogP contribution in [0.5, 0.6) is 0 Å². The second-order valence-corrected chi connectivity index (χ2v) is 9.01. The number of hydrogen-bond acceptors (Lipinski definition) is 3. The van der Waals surface area contributed by atoms with Crippen molar-refractivity contribution < 1.29 is 4.79 Å². The fourth-order valence-electron chi connectivity index (χ4n) is 4.57. The maximum Gasteiger partial charge on any atom is 0.254 e. The first-order valence-corrected chi connectivity index (χ1v) is 11.8. The molecule has 170 valence electrons. The maximum atomic E-state index is 13.4. The van der Waals surface area contributed by atoms with E-state index in [1.807, 2.05) is 59.5 Å². The highest BCUT2D eigenvalue weighted by Gasteiger charge is 2.29. The quantitative estimate of drug-likeness (QED) is 0.447. The lowest BCUT2D eigenvalue weighted by atomic mass is 9.99. The zero-order valence-corrected chi connectivity index (χ0v) is 19.5. The van der Waals surface area contributed by atoms with E-state index in [1.54, 1.807) is 0 Å². The zero-order valence-electron chi connectivity index (χ0n) is 19.5. The number of piperazine rings is 1. The number of nitrogens with zero attached hydrogens (tertiary/aromatic N) is 2. The Labute approximate surface area is 200 Å². The number of nitrogens with one attached hydrogen (secondary N) is 2. The molecular formula is C29H28N4O. The molecule has 5 nitrogen and oxygen atoms in total. The number of amides is 1. The summed E-state index contributed by atoms with van der Waals surface area (Å²) in [6, 6.07) is 24.3. The molecule has 2 N–H and O–H groups in total. The van der Waals surface area contributed by atoms with Crippen molar-refractivity contribution in [2.24, 2.45) is 5.92 Å². The Morgan fingerprint density at radius 2 is 1.82 bits per heavy atom. The molecule has 5 heteroatoms. The molecule has 0 unspecified atom stereocenters. The van der Waals surface area contributed by atoms with Crippen LogP contribution < -0.4 is 5.32 Å². The Morgan fingerprint density at radius 3 is 2.65 bits per heavy atom. The molecule has 4 aromatic rings. The summed E-state index contributed by atoms with van der Waals surface area (Å²) in [7, 11) is 0. The van der Waals surface area contributed by atoms with Crippen LogP contribution in [0.2, 0.25) is 0 Å². The van der Waals surface area contributed by atoms with Crippen LogP contribution in [0.15, 0.2) is 72.8 Å². The van der Waals surface area contributed by atoms with Crippen LogP contribution in [0.25, 0.3) is 22.0 Å². The number of rotatable bonds is 3. The average Bonchev–Trinajstić information content (AvgIpc) is 3.30. The average molecular weight is 449 g/mol. The molecule has 1 fully saturated rings. The third-order valence-corrected chi connectivity index (χ3v) is 6.45. The summed E-state index contributed by atoms with van der Waals surface area (Å²) in [6.45, 7) is 6.69. The molecule has 34 heavy (non-hydrogen) atoms. The number of carbonyl (C=O) groups is 1. The number of benzene rings is 3. The molecule has 5 rings (SSSR count). The third kappa shape index (κ3) is 4.33. The van der Waals surface area contributed by atoms with E-state index in [4.69, 9.17) is 0 Å². The summed E-state index contributed by atoms with van der Waals surface area (Å²) in [5.41, 5.74) is 5.35. The lowest BCUT2D eigenvalue weighted by Crippen LogP contribution is -2.55. The van der Waals surface area contributed by atoms with E-state index in [-0.39, 0.29) is 11.9 Å². The van der Waals surface area contributed by atoms with Crippen LogP contribution in [0, 0.1) is 17.8 Å². The summed E-state index contributed by atoms with van der Waals surface area (Å²) >= 11 is 0. The fraction of sp³-hybridized carbons (Fsp3) is 0.241. The normalized spacial score (nSPS) is 15.9. The van der Waals surface area contributed by atoms with Gasteiger partial charge < -0.3 is 10.2 Å². The van der Waals surface area contributed by atoms with Crippen molar-refractivity contribution in [2.75, 3.05) is 19.6 Å². The van der Waals surface area contributed by atoms with Crippen LogP contribution >= 0.6 is 0 Å². The van der Waals surface area contributed by atoms with E-state index >= 15 is 0 Å². The maximum absolute atomic E-state index is 13.4. The highest BCUT2D eigenvalue weighted by molar-refractivity contribution is 5.99. The Morgan fingerprint density at radius 1 is 1.03 bits per heavy atom. The molecule has 1 aliphatic rings. The van der Waals surface area contributed by atoms with Crippen molar-refractivity contribution in [3.05, 3.63) is 89.6 Å². The Balaban J connectivity index is 1.48. The van der Waals surface area contributed by atoms with Gasteiger partial charge in [0, 0.05) is 42.2 Å². The number of hydrogen-bond donors (Lipinski definition) is 2. The van der Waals surface area contributed by atoms with Gasteiger partial charge in [-0.15, -0.1) is 0 Å². The van der Waals surface area contributed by atoms with E-state index in [2.05, 4.69) is 59.4 Å². The molecule has 0 spiro atoms. The molecule has 1 atom stereocenters. The largest absolute Gasteiger partial charge is 0.333 e. The highest BCUT2D eigenvalue weighted by atomic mass is 16.2. The van der Waals surface area contributed by atoms with Gasteiger partial charge in [-0.05, 0) is 47.2 Å². The van der Waals surface area contributed by atoms with E-state index in [0.717, 1.165) is 40.7 Å². The summed E-state index contributed by atoms with van der Waals surface area (Å²) in [5.74, 6) is 7.00. The van der Waals surface area contributed by atoms with Gasteiger partial charge in [-0.2, -0.15) is 5.10 Å². The first-order chi connectivity index (χ1) is 16.6. The molecular weight excluding hydrogens is 420 g/mol. The number of H-pyrrole nitrogens is 1. The van der Waals surface area contributed by atoms with Crippen LogP contribution in [0.3, 0.4) is 0 Å². The van der Waals surface area contributed by atoms with Gasteiger partial charge in [-0.3, -0.25) is 9.89 Å². The smallest absolute Gasteiger partial charge is 0.254 e. The molecule has 2 heterocycles. The van der Waals surface area contributed by atoms with Crippen LogP contribution in [-0.2, 0) is 0 Å². The summed E-state index contributed by atoms with van der Waals surface area (Å²) in [5, 5.41) is 11.8. The fourth-order valence-corrected chi connectivity index (χ4v) is 4.57. The summed E-state index contributed by atoms with van der Waals surface area (Å²) in [6.07, 6.45) is 0. The number of fused-ring (bicyclic) bond motifs is 1. The molecule has 3 aromatic carbocycles. The first-order valence-electron chi connectivity index (χ1n) is 11.8. The predicted molar refractivity (Wildman–Crippen MR) is 136 cm³/mol. The number of aromatic nitrogens is 2. The minimum Gasteiger partial charge on any atom is -0.333 e. The number of aromatic amines is 1. The van der Waals surface area contributed by atoms with E-state index in [1.165, 1.54) is 0 Å². The molecule has 1 saturated heterocycles.